The monoisotopic (exact) mass is 383 g/mol. The molecule has 0 aliphatic heterocycles. The number of carbonyl (C=O) groups excluding carboxylic acids is 2. The highest BCUT2D eigenvalue weighted by Crippen LogP contribution is 2.16. The zero-order chi connectivity index (χ0) is 19.1. The van der Waals surface area contributed by atoms with Crippen LogP contribution in [0, 0.1) is 0 Å². The van der Waals surface area contributed by atoms with Gasteiger partial charge in [-0.05, 0) is 48.9 Å². The number of rotatable bonds is 7. The summed E-state index contributed by atoms with van der Waals surface area (Å²) in [6.45, 7) is 0.397. The topological polar surface area (TPSA) is 88.9 Å². The van der Waals surface area contributed by atoms with Gasteiger partial charge < -0.3 is 10.6 Å². The van der Waals surface area contributed by atoms with Gasteiger partial charge in [-0.15, -0.1) is 0 Å². The lowest BCUT2D eigenvalue weighted by atomic mass is 10.2. The lowest BCUT2D eigenvalue weighted by Crippen LogP contribution is -2.25. The quantitative estimate of drug-likeness (QED) is 0.613. The first kappa shape index (κ1) is 18.6. The summed E-state index contributed by atoms with van der Waals surface area (Å²) in [4.78, 5) is 28.4. The van der Waals surface area contributed by atoms with Crippen LogP contribution in [0.3, 0.4) is 0 Å². The molecule has 0 saturated heterocycles. The van der Waals surface area contributed by atoms with Gasteiger partial charge in [0.1, 0.15) is 0 Å². The highest BCUT2D eigenvalue weighted by molar-refractivity contribution is 6.30. The molecule has 3 rings (SSSR count). The number of hydrogen-bond donors (Lipinski definition) is 2. The minimum absolute atomic E-state index is 0.155. The number of pyridine rings is 1. The largest absolute Gasteiger partial charge is 0.352 e. The van der Waals surface area contributed by atoms with Crippen molar-refractivity contribution in [2.75, 3.05) is 11.9 Å². The van der Waals surface area contributed by atoms with Crippen LogP contribution in [0.4, 0.5) is 5.69 Å². The first-order valence-corrected chi connectivity index (χ1v) is 8.80. The summed E-state index contributed by atoms with van der Waals surface area (Å²) in [5.74, 6) is 0.198. The molecule has 138 valence electrons. The molecule has 0 fully saturated rings. The summed E-state index contributed by atoms with van der Waals surface area (Å²) < 4.78 is 1.59. The standard InChI is InChI=1S/C19H18ClN5O2/c20-15-8-6-14(7-9-15)19(27)22-11-2-5-17(26)24-16-4-1-10-21-18(16)25-13-3-12-23-25/h1,3-4,6-10,12-13H,2,5,11H2,(H,22,27)(H,24,26). The van der Waals surface area contributed by atoms with Crippen molar-refractivity contribution in [3.05, 3.63) is 71.6 Å². The maximum absolute atomic E-state index is 12.2. The Morgan fingerprint density at radius 3 is 2.63 bits per heavy atom. The molecule has 1 aromatic carbocycles. The first-order valence-electron chi connectivity index (χ1n) is 8.42. The second-order valence-corrected chi connectivity index (χ2v) is 6.18. The molecule has 2 aromatic heterocycles. The Morgan fingerprint density at radius 1 is 1.07 bits per heavy atom. The molecule has 0 atom stereocenters. The van der Waals surface area contributed by atoms with E-state index in [0.717, 1.165) is 0 Å². The molecule has 0 bridgehead atoms. The van der Waals surface area contributed by atoms with Crippen LogP contribution < -0.4 is 10.6 Å². The number of halogens is 1. The van der Waals surface area contributed by atoms with Crippen molar-refractivity contribution in [2.45, 2.75) is 12.8 Å². The van der Waals surface area contributed by atoms with E-state index in [1.807, 2.05) is 0 Å². The third-order valence-corrected chi connectivity index (χ3v) is 4.01. The molecule has 2 amide bonds. The molecule has 0 radical (unpaired) electrons. The van der Waals surface area contributed by atoms with E-state index in [1.54, 1.807) is 65.7 Å². The smallest absolute Gasteiger partial charge is 0.251 e. The zero-order valence-electron chi connectivity index (χ0n) is 14.4. The Hall–Kier alpha value is -3.19. The van der Waals surface area contributed by atoms with E-state index in [4.69, 9.17) is 11.6 Å². The minimum Gasteiger partial charge on any atom is -0.352 e. The van der Waals surface area contributed by atoms with Crippen LogP contribution in [-0.2, 0) is 4.79 Å². The van der Waals surface area contributed by atoms with E-state index in [0.29, 0.717) is 35.1 Å². The Morgan fingerprint density at radius 2 is 1.89 bits per heavy atom. The molecule has 27 heavy (non-hydrogen) atoms. The molecular weight excluding hydrogens is 366 g/mol. The molecule has 0 unspecified atom stereocenters. The summed E-state index contributed by atoms with van der Waals surface area (Å²) in [5, 5.41) is 10.3. The van der Waals surface area contributed by atoms with Crippen LogP contribution in [0.2, 0.25) is 5.02 Å². The van der Waals surface area contributed by atoms with Gasteiger partial charge in [0.2, 0.25) is 5.91 Å². The average Bonchev–Trinajstić information content (AvgIpc) is 3.20. The van der Waals surface area contributed by atoms with Crippen LogP contribution >= 0.6 is 11.6 Å². The number of carbonyl (C=O) groups is 2. The predicted molar refractivity (Wildman–Crippen MR) is 103 cm³/mol. The SMILES string of the molecule is O=C(CCCNC(=O)c1ccc(Cl)cc1)Nc1cccnc1-n1cccn1. The van der Waals surface area contributed by atoms with Gasteiger partial charge in [0.25, 0.3) is 5.91 Å². The van der Waals surface area contributed by atoms with Crippen molar-refractivity contribution in [3.63, 3.8) is 0 Å². The number of nitrogens with zero attached hydrogens (tertiary/aromatic N) is 3. The van der Waals surface area contributed by atoms with Gasteiger partial charge in [0.15, 0.2) is 5.82 Å². The van der Waals surface area contributed by atoms with E-state index < -0.39 is 0 Å². The second kappa shape index (κ2) is 8.95. The maximum atomic E-state index is 12.2. The molecule has 8 heteroatoms. The van der Waals surface area contributed by atoms with Crippen LogP contribution in [-0.4, -0.2) is 33.1 Å². The Balaban J connectivity index is 1.47. The first-order chi connectivity index (χ1) is 13.1. The Labute approximate surface area is 161 Å². The number of benzene rings is 1. The summed E-state index contributed by atoms with van der Waals surface area (Å²) in [7, 11) is 0. The number of amides is 2. The van der Waals surface area contributed by atoms with Gasteiger partial charge in [-0.3, -0.25) is 9.59 Å². The number of aromatic nitrogens is 3. The van der Waals surface area contributed by atoms with Crippen LogP contribution in [0.25, 0.3) is 5.82 Å². The van der Waals surface area contributed by atoms with Crippen molar-refractivity contribution >= 4 is 29.1 Å². The maximum Gasteiger partial charge on any atom is 0.251 e. The number of hydrogen-bond acceptors (Lipinski definition) is 4. The lowest BCUT2D eigenvalue weighted by molar-refractivity contribution is -0.116. The normalized spacial score (nSPS) is 10.4. The summed E-state index contributed by atoms with van der Waals surface area (Å²) in [5.41, 5.74) is 1.11. The number of nitrogens with one attached hydrogen (secondary N) is 2. The number of anilines is 1. The van der Waals surface area contributed by atoms with E-state index in [9.17, 15) is 9.59 Å². The second-order valence-electron chi connectivity index (χ2n) is 5.74. The molecule has 2 heterocycles. The fourth-order valence-electron chi connectivity index (χ4n) is 2.44. The van der Waals surface area contributed by atoms with E-state index in [-0.39, 0.29) is 18.2 Å². The molecule has 2 N–H and O–H groups in total. The Kier molecular flexibility index (Phi) is 6.17. The van der Waals surface area contributed by atoms with E-state index in [1.165, 1.54) is 0 Å². The van der Waals surface area contributed by atoms with Crippen molar-refractivity contribution < 1.29 is 9.59 Å². The van der Waals surface area contributed by atoms with Gasteiger partial charge in [-0.25, -0.2) is 9.67 Å². The molecular formula is C19H18ClN5O2. The van der Waals surface area contributed by atoms with Crippen LogP contribution in [0.5, 0.6) is 0 Å². The van der Waals surface area contributed by atoms with Crippen molar-refractivity contribution in [3.8, 4) is 5.82 Å². The summed E-state index contributed by atoms with van der Waals surface area (Å²) in [6, 6.07) is 11.9. The minimum atomic E-state index is -0.194. The van der Waals surface area contributed by atoms with Gasteiger partial charge >= 0.3 is 0 Å². The Bertz CT molecular complexity index is 910. The molecule has 7 nitrogen and oxygen atoms in total. The lowest BCUT2D eigenvalue weighted by Gasteiger charge is -2.10. The summed E-state index contributed by atoms with van der Waals surface area (Å²) in [6.07, 6.45) is 5.82. The highest BCUT2D eigenvalue weighted by Gasteiger charge is 2.10. The third-order valence-electron chi connectivity index (χ3n) is 3.75. The van der Waals surface area contributed by atoms with Crippen molar-refractivity contribution in [1.29, 1.82) is 0 Å². The highest BCUT2D eigenvalue weighted by atomic mass is 35.5. The molecule has 3 aromatic rings. The van der Waals surface area contributed by atoms with Crippen molar-refractivity contribution in [2.24, 2.45) is 0 Å². The molecule has 0 aliphatic carbocycles. The third kappa shape index (κ3) is 5.15. The average molecular weight is 384 g/mol. The van der Waals surface area contributed by atoms with Crippen LogP contribution in [0.1, 0.15) is 23.2 Å². The van der Waals surface area contributed by atoms with Gasteiger partial charge in [0, 0.05) is 42.1 Å². The van der Waals surface area contributed by atoms with Gasteiger partial charge in [-0.2, -0.15) is 5.10 Å². The molecule has 0 saturated carbocycles. The van der Waals surface area contributed by atoms with Crippen LogP contribution in [0.15, 0.2) is 61.1 Å². The fourth-order valence-corrected chi connectivity index (χ4v) is 2.56. The van der Waals surface area contributed by atoms with Crippen molar-refractivity contribution in [1.82, 2.24) is 20.1 Å². The van der Waals surface area contributed by atoms with Gasteiger partial charge in [-0.1, -0.05) is 11.6 Å². The molecule has 0 spiro atoms. The fraction of sp³-hybridized carbons (Fsp3) is 0.158. The molecule has 0 aliphatic rings. The zero-order valence-corrected chi connectivity index (χ0v) is 15.2. The van der Waals surface area contributed by atoms with E-state index >= 15 is 0 Å². The van der Waals surface area contributed by atoms with Gasteiger partial charge in [0.05, 0.1) is 5.69 Å². The summed E-state index contributed by atoms with van der Waals surface area (Å²) >= 11 is 5.80. The predicted octanol–water partition coefficient (Wildman–Crippen LogP) is 3.07. The van der Waals surface area contributed by atoms with E-state index in [2.05, 4.69) is 20.7 Å².